The molecule has 0 aliphatic carbocycles. The molecule has 8 N–H and O–H groups in total. The van der Waals surface area contributed by atoms with Crippen LogP contribution in [0.5, 0.6) is 0 Å². The molecule has 2 atom stereocenters. The van der Waals surface area contributed by atoms with Crippen LogP contribution in [0.15, 0.2) is 109 Å². The van der Waals surface area contributed by atoms with Crippen LogP contribution in [0.2, 0.25) is 0 Å². The van der Waals surface area contributed by atoms with Gasteiger partial charge < -0.3 is 14.9 Å². The Hall–Kier alpha value is -5.54. The highest BCUT2D eigenvalue weighted by Crippen LogP contribution is 2.25. The van der Waals surface area contributed by atoms with E-state index in [0.717, 1.165) is 32.7 Å². The monoisotopic (exact) mass is 670 g/mol. The lowest BCUT2D eigenvalue weighted by Gasteiger charge is -2.20. The summed E-state index contributed by atoms with van der Waals surface area (Å²) in [6, 6.07) is 34.1. The molecule has 2 amide bonds. The average molecular weight is 671 g/mol. The van der Waals surface area contributed by atoms with Crippen molar-refractivity contribution >= 4 is 45.3 Å². The minimum absolute atomic E-state index is 0. The molecule has 0 saturated carbocycles. The van der Waals surface area contributed by atoms with E-state index in [2.05, 4.69) is 21.3 Å². The van der Waals surface area contributed by atoms with E-state index in [0.29, 0.717) is 11.5 Å². The molecule has 5 aromatic carbocycles. The molecule has 1 heterocycles. The first-order valence-electron chi connectivity index (χ1n) is 14.8. The maximum absolute atomic E-state index is 12.5. The number of hydroxylamine groups is 2. The van der Waals surface area contributed by atoms with Gasteiger partial charge >= 0.3 is 11.9 Å². The minimum atomic E-state index is -1.13. The molecule has 0 unspecified atom stereocenters. The lowest BCUT2D eigenvalue weighted by molar-refractivity contribution is -0.177. The zero-order chi connectivity index (χ0) is 34.6. The van der Waals surface area contributed by atoms with Crippen molar-refractivity contribution in [2.45, 2.75) is 25.0 Å². The molecule has 13 heteroatoms. The van der Waals surface area contributed by atoms with Gasteiger partial charge in [0.1, 0.15) is 0 Å². The number of amides is 2. The number of hydrogen-bond donors (Lipinski definition) is 3. The zero-order valence-corrected chi connectivity index (χ0v) is 26.9. The topological polar surface area (TPSA) is 218 Å². The molecule has 6 rings (SSSR count). The van der Waals surface area contributed by atoms with Gasteiger partial charge in [0.15, 0.2) is 12.2 Å². The molecule has 0 saturated heterocycles. The number of carbonyl (C=O) groups excluding carboxylic acids is 4. The summed E-state index contributed by atoms with van der Waals surface area (Å²) in [5, 5.41) is 5.01. The Bertz CT molecular complexity index is 1880. The van der Waals surface area contributed by atoms with E-state index in [4.69, 9.17) is 15.5 Å². The fourth-order valence-electron chi connectivity index (χ4n) is 5.16. The van der Waals surface area contributed by atoms with Crippen molar-refractivity contribution in [3.05, 3.63) is 131 Å². The van der Waals surface area contributed by atoms with Crippen LogP contribution in [0.1, 0.15) is 31.8 Å². The number of carbonyl (C=O) groups is 4. The summed E-state index contributed by atoms with van der Waals surface area (Å²) in [7, 11) is 2.55. The number of hydrazine groups is 1. The van der Waals surface area contributed by atoms with Crippen LogP contribution in [0.3, 0.4) is 0 Å². The van der Waals surface area contributed by atoms with E-state index in [1.165, 1.54) is 14.2 Å². The van der Waals surface area contributed by atoms with Gasteiger partial charge in [0.25, 0.3) is 11.8 Å². The Labute approximate surface area is 282 Å². The minimum Gasteiger partial charge on any atom is -0.467 e. The van der Waals surface area contributed by atoms with Crippen LogP contribution in [0, 0.1) is 0 Å². The molecule has 0 spiro atoms. The summed E-state index contributed by atoms with van der Waals surface area (Å²) in [4.78, 5) is 58.9. The third-order valence-electron chi connectivity index (χ3n) is 7.55. The molecule has 1 aliphatic rings. The van der Waals surface area contributed by atoms with Crippen molar-refractivity contribution in [2.75, 3.05) is 14.2 Å². The molecule has 0 fully saturated rings. The second-order valence-corrected chi connectivity index (χ2v) is 10.5. The van der Waals surface area contributed by atoms with Crippen molar-refractivity contribution in [1.29, 1.82) is 0 Å². The van der Waals surface area contributed by atoms with Gasteiger partial charge in [-0.15, -0.1) is 5.06 Å². The van der Waals surface area contributed by atoms with Crippen LogP contribution in [0.25, 0.3) is 21.5 Å². The molecule has 13 nitrogen and oxygen atoms in total. The summed E-state index contributed by atoms with van der Waals surface area (Å²) in [6.45, 7) is 0. The molecule has 49 heavy (non-hydrogen) atoms. The fourth-order valence-corrected chi connectivity index (χ4v) is 5.16. The maximum Gasteiger partial charge on any atom is 0.338 e. The van der Waals surface area contributed by atoms with E-state index >= 15 is 0 Å². The first kappa shape index (κ1) is 37.9. The molecule has 0 aromatic heterocycles. The number of methoxy groups -OCH3 is 2. The van der Waals surface area contributed by atoms with Crippen molar-refractivity contribution < 1.29 is 43.8 Å². The van der Waals surface area contributed by atoms with E-state index < -0.39 is 36.0 Å². The molecular formula is C36H38N4O9. The van der Waals surface area contributed by atoms with E-state index in [1.807, 2.05) is 84.9 Å². The van der Waals surface area contributed by atoms with Crippen LogP contribution < -0.4 is 17.6 Å². The second kappa shape index (κ2) is 18.1. The first-order chi connectivity index (χ1) is 23.3. The highest BCUT2D eigenvalue weighted by molar-refractivity contribution is 6.20. The van der Waals surface area contributed by atoms with E-state index in [-0.39, 0.29) is 23.0 Å². The summed E-state index contributed by atoms with van der Waals surface area (Å²) in [5.41, 5.74) is 2.31. The lowest BCUT2D eigenvalue weighted by atomic mass is 10.0. The van der Waals surface area contributed by atoms with Gasteiger partial charge in [-0.2, -0.15) is 0 Å². The van der Waals surface area contributed by atoms with Crippen molar-refractivity contribution in [1.82, 2.24) is 5.06 Å². The highest BCUT2D eigenvalue weighted by atomic mass is 16.7. The molecule has 256 valence electrons. The van der Waals surface area contributed by atoms with Gasteiger partial charge in [-0.05, 0) is 44.8 Å². The summed E-state index contributed by atoms with van der Waals surface area (Å²) >= 11 is 0. The Morgan fingerprint density at radius 3 is 1.43 bits per heavy atom. The molecule has 0 bridgehead atoms. The highest BCUT2D eigenvalue weighted by Gasteiger charge is 2.39. The van der Waals surface area contributed by atoms with Crippen molar-refractivity contribution in [3.63, 3.8) is 0 Å². The Morgan fingerprint density at radius 2 is 1.00 bits per heavy atom. The number of benzene rings is 5. The van der Waals surface area contributed by atoms with E-state index in [9.17, 15) is 19.2 Å². The Balaban J connectivity index is 0.000000269. The molecular weight excluding hydrogens is 632 g/mol. The second-order valence-electron chi connectivity index (χ2n) is 10.5. The van der Waals surface area contributed by atoms with Gasteiger partial charge in [0.05, 0.1) is 25.3 Å². The third kappa shape index (κ3) is 9.09. The van der Waals surface area contributed by atoms with Gasteiger partial charge in [-0.3, -0.25) is 26.1 Å². The van der Waals surface area contributed by atoms with E-state index in [1.54, 1.807) is 24.3 Å². The van der Waals surface area contributed by atoms with Gasteiger partial charge in [-0.1, -0.05) is 97.1 Å². The number of imide groups is 1. The normalized spacial score (nSPS) is 12.8. The quantitative estimate of drug-likeness (QED) is 0.0896. The maximum atomic E-state index is 12.5. The largest absolute Gasteiger partial charge is 0.467 e. The summed E-state index contributed by atoms with van der Waals surface area (Å²) in [6.07, 6.45) is -1.34. The van der Waals surface area contributed by atoms with Crippen molar-refractivity contribution in [2.24, 2.45) is 17.6 Å². The average Bonchev–Trinajstić information content (AvgIpc) is 3.38. The zero-order valence-electron chi connectivity index (χ0n) is 26.9. The lowest BCUT2D eigenvalue weighted by Crippen LogP contribution is -2.39. The Kier molecular flexibility index (Phi) is 14.0. The van der Waals surface area contributed by atoms with Crippen LogP contribution in [-0.4, -0.2) is 60.7 Å². The number of hydrogen-bond acceptors (Lipinski definition) is 11. The van der Waals surface area contributed by atoms with Crippen LogP contribution in [-0.2, 0) is 41.6 Å². The Morgan fingerprint density at radius 1 is 0.612 bits per heavy atom. The first-order valence-corrected chi connectivity index (χ1v) is 14.8. The predicted molar refractivity (Wildman–Crippen MR) is 182 cm³/mol. The third-order valence-corrected chi connectivity index (χ3v) is 7.55. The molecule has 5 aromatic rings. The van der Waals surface area contributed by atoms with Gasteiger partial charge in [0.2, 0.25) is 0 Å². The predicted octanol–water partition coefficient (Wildman–Crippen LogP) is 2.96. The molecule has 1 aliphatic heterocycles. The fraction of sp³-hybridized carbons (Fsp3) is 0.167. The number of ether oxygens (including phenoxy) is 2. The smallest absolute Gasteiger partial charge is 0.338 e. The number of nitrogens with two attached hydrogens (primary N) is 3. The van der Waals surface area contributed by atoms with Crippen molar-refractivity contribution in [3.8, 4) is 0 Å². The SMILES string of the molecule is COC(=O)[C@H](Cc1ccc2ccccc2c1)ON.COC(=O)[C@H](Cc1ccc2ccccc2c1)ON1C(=O)c2ccccc2C1=O.NN.O. The van der Waals surface area contributed by atoms with Crippen LogP contribution >= 0.6 is 0 Å². The standard InChI is InChI=1S/C22H17NO5.C14H15NO3.H4N2.H2O/c1-27-22(26)19(13-14-10-11-15-6-2-3-7-16(15)12-14)28-23-20(24)17-8-4-5-9-18(17)21(23)25;1-17-14(16)13(18-15)9-10-6-7-11-4-2-3-5-12(11)8-10;1-2;/h2-12,19H,13H2,1H3;2-8,13H,9,15H2,1H3;1-2H2;1H2/t19-;13-;;/m00../s1. The van der Waals surface area contributed by atoms with Crippen LogP contribution in [0.4, 0.5) is 0 Å². The summed E-state index contributed by atoms with van der Waals surface area (Å²) in [5.74, 6) is 10.8. The number of nitrogens with zero attached hydrogens (tertiary/aromatic N) is 1. The number of rotatable bonds is 9. The number of esters is 2. The summed E-state index contributed by atoms with van der Waals surface area (Å²) < 4.78 is 9.44. The number of fused-ring (bicyclic) bond motifs is 3. The van der Waals surface area contributed by atoms with Gasteiger partial charge in [0, 0.05) is 12.8 Å². The molecule has 0 radical (unpaired) electrons. The van der Waals surface area contributed by atoms with Gasteiger partial charge in [-0.25, -0.2) is 20.3 Å².